The molecule has 3 aromatic carbocycles. The van der Waals surface area contributed by atoms with Crippen LogP contribution in [0, 0.1) is 0 Å². The van der Waals surface area contributed by atoms with E-state index in [1.165, 1.54) is 22.4 Å². The Morgan fingerprint density at radius 2 is 1.94 bits per heavy atom. The molecule has 1 unspecified atom stereocenters. The Kier molecular flexibility index (Phi) is 7.62. The fraction of sp³-hybridized carbons (Fsp3) is 0.370. The number of fused-ring (bicyclic) bond motifs is 1. The molecule has 5 nitrogen and oxygen atoms in total. The molecule has 0 aliphatic carbocycles. The molecule has 35 heavy (non-hydrogen) atoms. The number of nitrogens with zero attached hydrogens (tertiary/aromatic N) is 1. The Balaban J connectivity index is 1.50. The number of ether oxygens (including phenoxy) is 2. The molecule has 0 spiro atoms. The van der Waals surface area contributed by atoms with E-state index in [-0.39, 0.29) is 17.6 Å². The number of carbonyl (C=O) groups excluding carboxylic acids is 1. The highest BCUT2D eigenvalue weighted by Crippen LogP contribution is 2.34. The number of anilines is 1. The molecule has 1 fully saturated rings. The Bertz CT molecular complexity index is 1180. The molecule has 1 saturated heterocycles. The predicted molar refractivity (Wildman–Crippen MR) is 130 cm³/mol. The van der Waals surface area contributed by atoms with Crippen LogP contribution in [0.2, 0.25) is 0 Å². The highest BCUT2D eigenvalue weighted by Gasteiger charge is 2.33. The van der Waals surface area contributed by atoms with Crippen LogP contribution in [0.1, 0.15) is 40.9 Å². The zero-order chi connectivity index (χ0) is 25.0. The van der Waals surface area contributed by atoms with Gasteiger partial charge in [-0.1, -0.05) is 42.5 Å². The number of morpholine rings is 1. The molecule has 0 radical (unpaired) electrons. The monoisotopic (exact) mass is 486 g/mol. The van der Waals surface area contributed by atoms with Gasteiger partial charge in [-0.25, -0.2) is 4.79 Å². The van der Waals surface area contributed by atoms with Crippen molar-refractivity contribution in [1.82, 2.24) is 5.32 Å². The first-order valence-electron chi connectivity index (χ1n) is 11.6. The van der Waals surface area contributed by atoms with Crippen LogP contribution in [0.3, 0.4) is 0 Å². The Hall–Kier alpha value is -3.10. The average molecular weight is 487 g/mol. The lowest BCUT2D eigenvalue weighted by atomic mass is 9.99. The lowest BCUT2D eigenvalue weighted by Gasteiger charge is -2.38. The highest BCUT2D eigenvalue weighted by atomic mass is 19.4. The molecule has 8 heteroatoms. The summed E-state index contributed by atoms with van der Waals surface area (Å²) in [5, 5.41) is 5.92. The summed E-state index contributed by atoms with van der Waals surface area (Å²) in [6.45, 7) is 3.99. The van der Waals surface area contributed by atoms with Crippen LogP contribution in [0.4, 0.5) is 18.9 Å². The van der Waals surface area contributed by atoms with Crippen molar-refractivity contribution < 1.29 is 27.4 Å². The maximum Gasteiger partial charge on any atom is 0.416 e. The van der Waals surface area contributed by atoms with Gasteiger partial charge in [-0.3, -0.25) is 0 Å². The second kappa shape index (κ2) is 10.7. The van der Waals surface area contributed by atoms with Gasteiger partial charge in [0.25, 0.3) is 0 Å². The van der Waals surface area contributed by atoms with Crippen molar-refractivity contribution in [2.24, 2.45) is 0 Å². The van der Waals surface area contributed by atoms with Crippen molar-refractivity contribution in [1.29, 1.82) is 0 Å². The number of hydrogen-bond donors (Lipinski definition) is 1. The van der Waals surface area contributed by atoms with E-state index in [0.29, 0.717) is 38.4 Å². The minimum Gasteiger partial charge on any atom is -0.465 e. The van der Waals surface area contributed by atoms with Crippen molar-refractivity contribution in [3.05, 3.63) is 77.4 Å². The molecule has 2 atom stereocenters. The van der Waals surface area contributed by atoms with Gasteiger partial charge in [-0.15, -0.1) is 0 Å². The molecule has 3 aromatic rings. The molecule has 0 amide bonds. The summed E-state index contributed by atoms with van der Waals surface area (Å²) in [5.74, 6) is -0.798. The van der Waals surface area contributed by atoms with E-state index >= 15 is 0 Å². The van der Waals surface area contributed by atoms with Crippen LogP contribution >= 0.6 is 0 Å². The second-order valence-electron chi connectivity index (χ2n) is 8.71. The summed E-state index contributed by atoms with van der Waals surface area (Å²) in [7, 11) is 1.16. The SMILES string of the molecule is COC(=O)c1cc(N2CCOCC2CCN[C@H](C)c2cccc3ccccc23)cc(C(F)(F)F)c1. The molecule has 4 rings (SSSR count). The Labute approximate surface area is 202 Å². The quantitative estimate of drug-likeness (QED) is 0.441. The number of nitrogens with one attached hydrogen (secondary N) is 1. The number of methoxy groups -OCH3 is 1. The van der Waals surface area contributed by atoms with E-state index in [1.54, 1.807) is 0 Å². The van der Waals surface area contributed by atoms with Crippen molar-refractivity contribution in [2.75, 3.05) is 38.3 Å². The number of esters is 1. The number of alkyl halides is 3. The smallest absolute Gasteiger partial charge is 0.416 e. The van der Waals surface area contributed by atoms with Gasteiger partial charge in [-0.2, -0.15) is 13.2 Å². The normalized spacial score (nSPS) is 17.4. The van der Waals surface area contributed by atoms with Gasteiger partial charge in [-0.05, 0) is 54.4 Å². The van der Waals surface area contributed by atoms with E-state index in [4.69, 9.17) is 4.74 Å². The summed E-state index contributed by atoms with van der Waals surface area (Å²) in [4.78, 5) is 13.9. The lowest BCUT2D eigenvalue weighted by Crippen LogP contribution is -2.47. The fourth-order valence-electron chi connectivity index (χ4n) is 4.61. The first kappa shape index (κ1) is 25.0. The molecule has 1 aliphatic rings. The van der Waals surface area contributed by atoms with Gasteiger partial charge < -0.3 is 19.7 Å². The van der Waals surface area contributed by atoms with Gasteiger partial charge in [0.05, 0.1) is 37.5 Å². The maximum atomic E-state index is 13.5. The number of rotatable bonds is 7. The molecule has 0 aromatic heterocycles. The van der Waals surface area contributed by atoms with Crippen LogP contribution in [0.25, 0.3) is 10.8 Å². The number of halogens is 3. The maximum absolute atomic E-state index is 13.5. The number of carbonyl (C=O) groups is 1. The van der Waals surface area contributed by atoms with Gasteiger partial charge in [0.1, 0.15) is 0 Å². The first-order chi connectivity index (χ1) is 16.8. The first-order valence-corrected chi connectivity index (χ1v) is 11.6. The molecule has 0 saturated carbocycles. The van der Waals surface area contributed by atoms with Crippen molar-refractivity contribution in [3.8, 4) is 0 Å². The van der Waals surface area contributed by atoms with E-state index in [0.717, 1.165) is 19.2 Å². The Morgan fingerprint density at radius 1 is 1.17 bits per heavy atom. The third kappa shape index (κ3) is 5.77. The number of benzene rings is 3. The van der Waals surface area contributed by atoms with Gasteiger partial charge in [0.15, 0.2) is 0 Å². The molecular formula is C27H29F3N2O3. The molecule has 0 bridgehead atoms. The summed E-state index contributed by atoms with van der Waals surface area (Å²) in [6, 6.07) is 17.8. The third-order valence-electron chi connectivity index (χ3n) is 6.44. The van der Waals surface area contributed by atoms with Gasteiger partial charge >= 0.3 is 12.1 Å². The standard InChI is InChI=1S/C27H29F3N2O3/c1-18(24-9-5-7-19-6-3-4-8-25(19)24)31-11-10-22-17-35-13-12-32(22)23-15-20(26(33)34-2)14-21(16-23)27(28,29)30/h3-9,14-16,18,22,31H,10-13,17H2,1-2H3/t18-,22?/m1/s1. The van der Waals surface area contributed by atoms with Crippen LogP contribution in [0.5, 0.6) is 0 Å². The molecule has 1 N–H and O–H groups in total. The van der Waals surface area contributed by atoms with E-state index < -0.39 is 17.7 Å². The van der Waals surface area contributed by atoms with Crippen LogP contribution in [-0.4, -0.2) is 45.4 Å². The molecule has 1 heterocycles. The van der Waals surface area contributed by atoms with Crippen molar-refractivity contribution >= 4 is 22.4 Å². The minimum atomic E-state index is -4.57. The van der Waals surface area contributed by atoms with Gasteiger partial charge in [0.2, 0.25) is 0 Å². The van der Waals surface area contributed by atoms with E-state index in [9.17, 15) is 18.0 Å². The predicted octanol–water partition coefficient (Wildman–Crippen LogP) is 5.59. The van der Waals surface area contributed by atoms with Crippen molar-refractivity contribution in [3.63, 3.8) is 0 Å². The van der Waals surface area contributed by atoms with Crippen LogP contribution in [-0.2, 0) is 15.7 Å². The lowest BCUT2D eigenvalue weighted by molar-refractivity contribution is -0.137. The fourth-order valence-corrected chi connectivity index (χ4v) is 4.61. The van der Waals surface area contributed by atoms with Crippen LogP contribution in [0.15, 0.2) is 60.7 Å². The zero-order valence-electron chi connectivity index (χ0n) is 19.8. The summed E-state index contributed by atoms with van der Waals surface area (Å²) in [6.07, 6.45) is -3.91. The van der Waals surface area contributed by atoms with Crippen molar-refractivity contribution in [2.45, 2.75) is 31.6 Å². The number of hydrogen-bond acceptors (Lipinski definition) is 5. The van der Waals surface area contributed by atoms with Crippen LogP contribution < -0.4 is 10.2 Å². The van der Waals surface area contributed by atoms with Gasteiger partial charge in [0, 0.05) is 18.3 Å². The zero-order valence-corrected chi connectivity index (χ0v) is 19.8. The Morgan fingerprint density at radius 3 is 2.71 bits per heavy atom. The second-order valence-corrected chi connectivity index (χ2v) is 8.71. The van der Waals surface area contributed by atoms with E-state index in [2.05, 4.69) is 41.2 Å². The molecular weight excluding hydrogens is 457 g/mol. The largest absolute Gasteiger partial charge is 0.465 e. The summed E-state index contributed by atoms with van der Waals surface area (Å²) >= 11 is 0. The topological polar surface area (TPSA) is 50.8 Å². The molecule has 186 valence electrons. The highest BCUT2D eigenvalue weighted by molar-refractivity contribution is 5.91. The molecule has 1 aliphatic heterocycles. The average Bonchev–Trinajstić information content (AvgIpc) is 2.87. The summed E-state index contributed by atoms with van der Waals surface area (Å²) < 4.78 is 50.9. The van der Waals surface area contributed by atoms with E-state index in [1.807, 2.05) is 23.1 Å². The third-order valence-corrected chi connectivity index (χ3v) is 6.44. The minimum absolute atomic E-state index is 0.0959. The summed E-state index contributed by atoms with van der Waals surface area (Å²) in [5.41, 5.74) is 0.546.